The zero-order valence-electron chi connectivity index (χ0n) is 16.4. The molecule has 6 nitrogen and oxygen atoms in total. The van der Waals surface area contributed by atoms with Crippen LogP contribution in [0.5, 0.6) is 11.5 Å². The van der Waals surface area contributed by atoms with E-state index in [0.29, 0.717) is 24.5 Å². The van der Waals surface area contributed by atoms with Crippen molar-refractivity contribution < 1.29 is 19.0 Å². The lowest BCUT2D eigenvalue weighted by molar-refractivity contribution is 0.0970. The molecule has 2 aromatic rings. The smallest absolute Gasteiger partial charge is 0.261 e. The number of carbonyl (C=O) groups is 1. The highest BCUT2D eigenvalue weighted by molar-refractivity contribution is 7.80. The molecular weight excluding hydrogens is 376 g/mol. The second-order valence-electron chi connectivity index (χ2n) is 6.11. The summed E-state index contributed by atoms with van der Waals surface area (Å²) in [5.41, 5.74) is 1.16. The van der Waals surface area contributed by atoms with E-state index >= 15 is 0 Å². The highest BCUT2D eigenvalue weighted by Crippen LogP contribution is 2.19. The number of nitrogens with one attached hydrogen (secondary N) is 2. The van der Waals surface area contributed by atoms with Gasteiger partial charge in [-0.3, -0.25) is 10.1 Å². The summed E-state index contributed by atoms with van der Waals surface area (Å²) >= 11 is 5.25. The van der Waals surface area contributed by atoms with E-state index in [1.54, 1.807) is 31.4 Å². The van der Waals surface area contributed by atoms with E-state index in [1.165, 1.54) is 0 Å². The highest BCUT2D eigenvalue weighted by atomic mass is 32.1. The first-order valence-electron chi connectivity index (χ1n) is 9.13. The van der Waals surface area contributed by atoms with Crippen LogP contribution in [-0.4, -0.2) is 37.4 Å². The number of anilines is 1. The van der Waals surface area contributed by atoms with E-state index in [-0.39, 0.29) is 17.1 Å². The fourth-order valence-corrected chi connectivity index (χ4v) is 2.49. The molecule has 0 saturated carbocycles. The van der Waals surface area contributed by atoms with Gasteiger partial charge in [0.1, 0.15) is 18.1 Å². The molecular formula is C21H26N2O4S. The summed E-state index contributed by atoms with van der Waals surface area (Å²) < 4.78 is 16.3. The minimum Gasteiger partial charge on any atom is -0.491 e. The fourth-order valence-electron chi connectivity index (χ4n) is 2.28. The molecule has 0 saturated heterocycles. The normalized spacial score (nSPS) is 11.4. The fraction of sp³-hybridized carbons (Fsp3) is 0.333. The lowest BCUT2D eigenvalue weighted by atomic mass is 10.2. The van der Waals surface area contributed by atoms with Gasteiger partial charge in [-0.15, -0.1) is 0 Å². The number of thiocarbonyl (C=S) groups is 1. The molecule has 0 heterocycles. The van der Waals surface area contributed by atoms with Crippen LogP contribution in [0, 0.1) is 0 Å². The van der Waals surface area contributed by atoms with Crippen molar-refractivity contribution in [3.63, 3.8) is 0 Å². The first kappa shape index (κ1) is 21.7. The third-order valence-corrected chi connectivity index (χ3v) is 4.13. The lowest BCUT2D eigenvalue weighted by Crippen LogP contribution is -2.34. The molecule has 0 aliphatic heterocycles. The van der Waals surface area contributed by atoms with Crippen LogP contribution < -0.4 is 20.1 Å². The summed E-state index contributed by atoms with van der Waals surface area (Å²) in [5, 5.41) is 5.86. The molecule has 1 unspecified atom stereocenters. The first-order valence-corrected chi connectivity index (χ1v) is 9.54. The van der Waals surface area contributed by atoms with E-state index in [4.69, 9.17) is 26.4 Å². The average molecular weight is 403 g/mol. The van der Waals surface area contributed by atoms with Gasteiger partial charge < -0.3 is 19.5 Å². The zero-order chi connectivity index (χ0) is 20.4. The summed E-state index contributed by atoms with van der Waals surface area (Å²) in [4.78, 5) is 12.5. The van der Waals surface area contributed by atoms with E-state index < -0.39 is 0 Å². The molecule has 2 aromatic carbocycles. The van der Waals surface area contributed by atoms with Crippen molar-refractivity contribution in [3.8, 4) is 11.5 Å². The molecule has 0 aliphatic carbocycles. The Bertz CT molecular complexity index is 780. The Morgan fingerprint density at radius 1 is 1.11 bits per heavy atom. The molecule has 0 aromatic heterocycles. The largest absolute Gasteiger partial charge is 0.491 e. The highest BCUT2D eigenvalue weighted by Gasteiger charge is 2.13. The van der Waals surface area contributed by atoms with Crippen LogP contribution in [0.1, 0.15) is 30.6 Å². The van der Waals surface area contributed by atoms with Gasteiger partial charge in [0.2, 0.25) is 0 Å². The van der Waals surface area contributed by atoms with E-state index in [2.05, 4.69) is 17.6 Å². The number of amides is 1. The quantitative estimate of drug-likeness (QED) is 0.488. The summed E-state index contributed by atoms with van der Waals surface area (Å²) in [5.74, 6) is 0.922. The molecule has 28 heavy (non-hydrogen) atoms. The topological polar surface area (TPSA) is 68.8 Å². The maximum absolute atomic E-state index is 12.5. The van der Waals surface area contributed by atoms with Crippen LogP contribution in [0.25, 0.3) is 0 Å². The number of methoxy groups -OCH3 is 1. The van der Waals surface area contributed by atoms with Crippen molar-refractivity contribution >= 4 is 28.9 Å². The summed E-state index contributed by atoms with van der Waals surface area (Å²) in [6.07, 6.45) is 1.10. The maximum atomic E-state index is 12.5. The number of hydrogen-bond acceptors (Lipinski definition) is 5. The van der Waals surface area contributed by atoms with Gasteiger partial charge in [-0.25, -0.2) is 0 Å². The molecule has 0 bridgehead atoms. The van der Waals surface area contributed by atoms with Gasteiger partial charge in [0.05, 0.1) is 18.3 Å². The Hall–Kier alpha value is -2.64. The molecule has 0 radical (unpaired) electrons. The Balaban J connectivity index is 1.93. The van der Waals surface area contributed by atoms with Gasteiger partial charge in [-0.05, 0) is 62.0 Å². The van der Waals surface area contributed by atoms with E-state index in [0.717, 1.165) is 17.9 Å². The summed E-state index contributed by atoms with van der Waals surface area (Å²) in [7, 11) is 1.59. The number of carbonyl (C=O) groups excluding carboxylic acids is 1. The van der Waals surface area contributed by atoms with Gasteiger partial charge in [0, 0.05) is 12.8 Å². The molecule has 2 rings (SSSR count). The molecule has 0 fully saturated rings. The van der Waals surface area contributed by atoms with Crippen molar-refractivity contribution in [2.75, 3.05) is 25.6 Å². The van der Waals surface area contributed by atoms with Crippen LogP contribution >= 0.6 is 12.2 Å². The monoisotopic (exact) mass is 402 g/mol. The van der Waals surface area contributed by atoms with Crippen molar-refractivity contribution in [2.24, 2.45) is 0 Å². The lowest BCUT2D eigenvalue weighted by Gasteiger charge is -2.14. The molecule has 0 aliphatic rings. The standard InChI is InChI=1S/C21H26N2O4S/c1-4-15(2)27-17-11-9-16(10-12-17)22-21(28)23-20(24)18-7-5-6-8-19(18)26-14-13-25-3/h5-12,15H,4,13-14H2,1-3H3,(H2,22,23,24,28). The molecule has 0 spiro atoms. The van der Waals surface area contributed by atoms with Gasteiger partial charge in [0.15, 0.2) is 5.11 Å². The zero-order valence-corrected chi connectivity index (χ0v) is 17.2. The number of ether oxygens (including phenoxy) is 3. The molecule has 1 amide bonds. The minimum atomic E-state index is -0.345. The van der Waals surface area contributed by atoms with Crippen LogP contribution in [0.3, 0.4) is 0 Å². The molecule has 150 valence electrons. The third kappa shape index (κ3) is 6.83. The van der Waals surface area contributed by atoms with Crippen molar-refractivity contribution in [1.82, 2.24) is 5.32 Å². The molecule has 1 atom stereocenters. The summed E-state index contributed by atoms with van der Waals surface area (Å²) in [6, 6.07) is 14.4. The first-order chi connectivity index (χ1) is 13.5. The van der Waals surface area contributed by atoms with E-state index in [9.17, 15) is 4.79 Å². The summed E-state index contributed by atoms with van der Waals surface area (Å²) in [6.45, 7) is 4.89. The van der Waals surface area contributed by atoms with E-state index in [1.807, 2.05) is 31.2 Å². The van der Waals surface area contributed by atoms with Gasteiger partial charge >= 0.3 is 0 Å². The SMILES string of the molecule is CCC(C)Oc1ccc(NC(=S)NC(=O)c2ccccc2OCCOC)cc1. The van der Waals surface area contributed by atoms with Crippen LogP contribution in [0.2, 0.25) is 0 Å². The number of benzene rings is 2. The minimum absolute atomic E-state index is 0.158. The molecule has 7 heteroatoms. The average Bonchev–Trinajstić information content (AvgIpc) is 2.69. The van der Waals surface area contributed by atoms with Crippen LogP contribution in [0.4, 0.5) is 5.69 Å². The number of hydrogen-bond donors (Lipinski definition) is 2. The van der Waals surface area contributed by atoms with Crippen LogP contribution in [0.15, 0.2) is 48.5 Å². The Morgan fingerprint density at radius 2 is 1.82 bits per heavy atom. The third-order valence-electron chi connectivity index (χ3n) is 3.93. The Morgan fingerprint density at radius 3 is 2.50 bits per heavy atom. The maximum Gasteiger partial charge on any atom is 0.261 e. The van der Waals surface area contributed by atoms with Crippen molar-refractivity contribution in [3.05, 3.63) is 54.1 Å². The van der Waals surface area contributed by atoms with Crippen LogP contribution in [-0.2, 0) is 4.74 Å². The van der Waals surface area contributed by atoms with Gasteiger partial charge in [-0.1, -0.05) is 19.1 Å². The second kappa shape index (κ2) is 11.3. The predicted octanol–water partition coefficient (Wildman–Crippen LogP) is 4.02. The second-order valence-corrected chi connectivity index (χ2v) is 6.52. The van der Waals surface area contributed by atoms with Gasteiger partial charge in [-0.2, -0.15) is 0 Å². The number of rotatable bonds is 9. The van der Waals surface area contributed by atoms with Crippen molar-refractivity contribution in [1.29, 1.82) is 0 Å². The number of para-hydroxylation sites is 1. The predicted molar refractivity (Wildman–Crippen MR) is 114 cm³/mol. The Kier molecular flexibility index (Phi) is 8.71. The Labute approximate surface area is 171 Å². The van der Waals surface area contributed by atoms with Crippen molar-refractivity contribution in [2.45, 2.75) is 26.4 Å². The molecule has 2 N–H and O–H groups in total. The van der Waals surface area contributed by atoms with Gasteiger partial charge in [0.25, 0.3) is 5.91 Å².